The van der Waals surface area contributed by atoms with Crippen molar-refractivity contribution in [2.45, 2.75) is 18.9 Å². The van der Waals surface area contributed by atoms with Gasteiger partial charge in [-0.05, 0) is 0 Å². The summed E-state index contributed by atoms with van der Waals surface area (Å²) in [5.41, 5.74) is 0. The Bertz CT molecular complexity index is 300. The summed E-state index contributed by atoms with van der Waals surface area (Å²) in [4.78, 5) is 2.23. The van der Waals surface area contributed by atoms with E-state index in [1.54, 1.807) is 7.11 Å². The summed E-state index contributed by atoms with van der Waals surface area (Å²) in [6, 6.07) is 0.497. The summed E-state index contributed by atoms with van der Waals surface area (Å²) in [5, 5.41) is 4.49. The number of aromatic nitrogens is 2. The molecule has 0 unspecified atom stereocenters. The Morgan fingerprint density at radius 3 is 2.80 bits per heavy atom. The summed E-state index contributed by atoms with van der Waals surface area (Å²) in [6.45, 7) is 1.70. The van der Waals surface area contributed by atoms with Crippen molar-refractivity contribution in [2.24, 2.45) is 0 Å². The van der Waals surface area contributed by atoms with Crippen molar-refractivity contribution < 1.29 is 30.7 Å². The van der Waals surface area contributed by atoms with Crippen LogP contribution in [0.4, 0.5) is 0 Å². The van der Waals surface area contributed by atoms with Crippen LogP contribution in [0, 0.1) is 3.57 Å². The fourth-order valence-corrected chi connectivity index (χ4v) is 3.11. The molecule has 0 atom stereocenters. The standard InChI is InChI=1S/C10H16IN2O2/c1-11-9-7-13(12-10(9)14-2)8-3-5-15-6-4-8/h7-8H,3-6H2,1-2H3/q-1. The van der Waals surface area contributed by atoms with Gasteiger partial charge >= 0.3 is 100 Å². The maximum atomic E-state index is 5.35. The summed E-state index contributed by atoms with van der Waals surface area (Å²) in [7, 11) is 1.69. The Labute approximate surface area is 100 Å². The molecule has 0 spiro atoms. The van der Waals surface area contributed by atoms with Crippen LogP contribution in [0.1, 0.15) is 18.9 Å². The number of hydrogen-bond acceptors (Lipinski definition) is 3. The van der Waals surface area contributed by atoms with E-state index >= 15 is 0 Å². The molecular formula is C10H16IN2O2-. The minimum absolute atomic E-state index is 0.0399. The first-order chi connectivity index (χ1) is 7.35. The second kappa shape index (κ2) is 5.16. The van der Waals surface area contributed by atoms with Crippen molar-refractivity contribution in [2.75, 3.05) is 25.3 Å². The molecule has 1 aromatic rings. The predicted molar refractivity (Wildman–Crippen MR) is 52.5 cm³/mol. The number of nitrogens with zero attached hydrogens (tertiary/aromatic N) is 2. The van der Waals surface area contributed by atoms with Crippen LogP contribution in [-0.4, -0.2) is 35.0 Å². The van der Waals surface area contributed by atoms with Crippen LogP contribution in [0.25, 0.3) is 0 Å². The number of alkyl halides is 1. The fraction of sp³-hybridized carbons (Fsp3) is 0.700. The average Bonchev–Trinajstić information content (AvgIpc) is 2.73. The Hall–Kier alpha value is -0.300. The topological polar surface area (TPSA) is 36.3 Å². The molecule has 0 aliphatic carbocycles. The summed E-state index contributed by atoms with van der Waals surface area (Å²) >= 11 is 0.0399. The summed E-state index contributed by atoms with van der Waals surface area (Å²) in [5.74, 6) is 0.816. The van der Waals surface area contributed by atoms with Crippen molar-refractivity contribution in [1.29, 1.82) is 0 Å². The second-order valence-corrected chi connectivity index (χ2v) is 5.74. The van der Waals surface area contributed by atoms with Gasteiger partial charge in [0, 0.05) is 0 Å². The van der Waals surface area contributed by atoms with Crippen LogP contribution < -0.4 is 25.9 Å². The number of methoxy groups -OCH3 is 1. The van der Waals surface area contributed by atoms with E-state index in [2.05, 4.69) is 20.9 Å². The van der Waals surface area contributed by atoms with Gasteiger partial charge in [0.2, 0.25) is 0 Å². The molecule has 1 aromatic heterocycles. The molecule has 1 fully saturated rings. The zero-order valence-electron chi connectivity index (χ0n) is 9.07. The summed E-state index contributed by atoms with van der Waals surface area (Å²) < 4.78 is 14.0. The normalized spacial score (nSPS) is 18.3. The van der Waals surface area contributed by atoms with E-state index in [4.69, 9.17) is 9.47 Å². The molecule has 0 saturated carbocycles. The van der Waals surface area contributed by atoms with Gasteiger partial charge in [0.05, 0.1) is 0 Å². The molecule has 0 radical (unpaired) electrons. The van der Waals surface area contributed by atoms with Crippen molar-refractivity contribution in [1.82, 2.24) is 9.78 Å². The molecular weight excluding hydrogens is 307 g/mol. The Balaban J connectivity index is 2.16. The van der Waals surface area contributed by atoms with E-state index in [0.29, 0.717) is 6.04 Å². The third-order valence-electron chi connectivity index (χ3n) is 2.62. The van der Waals surface area contributed by atoms with Gasteiger partial charge in [-0.15, -0.1) is 0 Å². The van der Waals surface area contributed by atoms with E-state index in [-0.39, 0.29) is 21.2 Å². The number of ether oxygens (including phenoxy) is 2. The van der Waals surface area contributed by atoms with Gasteiger partial charge in [0.25, 0.3) is 0 Å². The van der Waals surface area contributed by atoms with Crippen LogP contribution in [0.5, 0.6) is 5.88 Å². The second-order valence-electron chi connectivity index (χ2n) is 3.50. The molecule has 0 aromatic carbocycles. The first-order valence-electron chi connectivity index (χ1n) is 5.05. The van der Waals surface area contributed by atoms with Crippen molar-refractivity contribution in [3.63, 3.8) is 0 Å². The zero-order chi connectivity index (χ0) is 10.7. The van der Waals surface area contributed by atoms with Crippen LogP contribution in [0.3, 0.4) is 0 Å². The molecule has 0 bridgehead atoms. The van der Waals surface area contributed by atoms with E-state index < -0.39 is 0 Å². The van der Waals surface area contributed by atoms with Gasteiger partial charge in [-0.3, -0.25) is 0 Å². The quantitative estimate of drug-likeness (QED) is 0.483. The molecule has 1 saturated heterocycles. The monoisotopic (exact) mass is 323 g/mol. The SMILES string of the molecule is COc1nn(C2CCOCC2)cc1[I-]C. The molecule has 4 nitrogen and oxygen atoms in total. The van der Waals surface area contributed by atoms with Gasteiger partial charge in [0.15, 0.2) is 0 Å². The Kier molecular flexibility index (Phi) is 3.85. The van der Waals surface area contributed by atoms with Crippen LogP contribution in [0.2, 0.25) is 0 Å². The summed E-state index contributed by atoms with van der Waals surface area (Å²) in [6.07, 6.45) is 4.28. The predicted octanol–water partition coefficient (Wildman–Crippen LogP) is -1.87. The first kappa shape index (κ1) is 11.2. The number of hydrogen-bond donors (Lipinski definition) is 0. The molecule has 5 heteroatoms. The molecule has 86 valence electrons. The molecule has 1 aliphatic rings. The number of halogens is 1. The van der Waals surface area contributed by atoms with Gasteiger partial charge < -0.3 is 0 Å². The third-order valence-corrected chi connectivity index (χ3v) is 4.52. The van der Waals surface area contributed by atoms with Gasteiger partial charge in [0.1, 0.15) is 0 Å². The average molecular weight is 323 g/mol. The molecule has 15 heavy (non-hydrogen) atoms. The van der Waals surface area contributed by atoms with Gasteiger partial charge in [-0.2, -0.15) is 0 Å². The molecule has 0 N–H and O–H groups in total. The van der Waals surface area contributed by atoms with Crippen molar-refractivity contribution >= 4 is 0 Å². The van der Waals surface area contributed by atoms with Crippen LogP contribution in [0.15, 0.2) is 6.20 Å². The van der Waals surface area contributed by atoms with E-state index in [1.165, 1.54) is 3.57 Å². The van der Waals surface area contributed by atoms with Crippen molar-refractivity contribution in [3.8, 4) is 5.88 Å². The maximum absolute atomic E-state index is 5.35. The van der Waals surface area contributed by atoms with E-state index in [9.17, 15) is 0 Å². The van der Waals surface area contributed by atoms with E-state index in [1.807, 2.05) is 0 Å². The Morgan fingerprint density at radius 2 is 2.27 bits per heavy atom. The van der Waals surface area contributed by atoms with Crippen LogP contribution >= 0.6 is 0 Å². The van der Waals surface area contributed by atoms with Gasteiger partial charge in [-0.25, -0.2) is 0 Å². The number of rotatable bonds is 3. The molecule has 2 rings (SSSR count). The van der Waals surface area contributed by atoms with Crippen molar-refractivity contribution in [3.05, 3.63) is 9.77 Å². The first-order valence-corrected chi connectivity index (χ1v) is 8.29. The van der Waals surface area contributed by atoms with Crippen LogP contribution in [-0.2, 0) is 4.74 Å². The Morgan fingerprint density at radius 1 is 1.53 bits per heavy atom. The molecule has 2 heterocycles. The zero-order valence-corrected chi connectivity index (χ0v) is 11.2. The molecule has 0 amide bonds. The molecule has 1 aliphatic heterocycles. The minimum atomic E-state index is 0.0399. The van der Waals surface area contributed by atoms with E-state index in [0.717, 1.165) is 31.9 Å². The van der Waals surface area contributed by atoms with Gasteiger partial charge in [-0.1, -0.05) is 0 Å². The third kappa shape index (κ3) is 2.44. The fourth-order valence-electron chi connectivity index (χ4n) is 1.76.